The quantitative estimate of drug-likeness (QED) is 0.751. The van der Waals surface area contributed by atoms with E-state index in [1.807, 2.05) is 20.8 Å². The number of sulfonamides is 1. The Morgan fingerprint density at radius 1 is 1.15 bits per heavy atom. The summed E-state index contributed by atoms with van der Waals surface area (Å²) in [5.74, 6) is -0.945. The maximum absolute atomic E-state index is 13.5. The van der Waals surface area contributed by atoms with Gasteiger partial charge in [-0.2, -0.15) is 0 Å². The first-order chi connectivity index (χ1) is 12.6. The van der Waals surface area contributed by atoms with Gasteiger partial charge in [-0.3, -0.25) is 9.10 Å². The lowest BCUT2D eigenvalue weighted by atomic mass is 10.1. The number of rotatable bonds is 7. The highest BCUT2D eigenvalue weighted by molar-refractivity contribution is 7.92. The zero-order valence-electron chi connectivity index (χ0n) is 15.3. The van der Waals surface area contributed by atoms with E-state index in [2.05, 4.69) is 5.32 Å². The van der Waals surface area contributed by atoms with Crippen molar-refractivity contribution in [1.29, 1.82) is 0 Å². The summed E-state index contributed by atoms with van der Waals surface area (Å²) in [5, 5.41) is 2.55. The standard InChI is InChI=1S/C19H22ClFN2O3S/c1-13(2)14(3)22-19(24)12-23(15-9-10-18(21)17(20)11-15)27(25,26)16-7-5-4-6-8-16/h4-11,13-14H,12H2,1-3H3,(H,22,24)/t14-/m1/s1. The third-order valence-electron chi connectivity index (χ3n) is 4.20. The summed E-state index contributed by atoms with van der Waals surface area (Å²) in [7, 11) is -4.04. The zero-order valence-corrected chi connectivity index (χ0v) is 16.9. The Balaban J connectivity index is 2.43. The van der Waals surface area contributed by atoms with Gasteiger partial charge in [-0.25, -0.2) is 12.8 Å². The minimum absolute atomic E-state index is 0.0233. The third-order valence-corrected chi connectivity index (χ3v) is 6.28. The molecular weight excluding hydrogens is 391 g/mol. The van der Waals surface area contributed by atoms with E-state index in [-0.39, 0.29) is 27.6 Å². The van der Waals surface area contributed by atoms with Gasteiger partial charge in [0.15, 0.2) is 0 Å². The van der Waals surface area contributed by atoms with Gasteiger partial charge in [0.1, 0.15) is 12.4 Å². The van der Waals surface area contributed by atoms with Crippen molar-refractivity contribution >= 4 is 33.2 Å². The van der Waals surface area contributed by atoms with Crippen LogP contribution in [0.3, 0.4) is 0 Å². The van der Waals surface area contributed by atoms with Crippen LogP contribution in [0.25, 0.3) is 0 Å². The minimum Gasteiger partial charge on any atom is -0.352 e. The lowest BCUT2D eigenvalue weighted by molar-refractivity contribution is -0.120. The molecule has 146 valence electrons. The van der Waals surface area contributed by atoms with Crippen LogP contribution < -0.4 is 9.62 Å². The second-order valence-electron chi connectivity index (χ2n) is 6.52. The van der Waals surface area contributed by atoms with Crippen molar-refractivity contribution in [3.8, 4) is 0 Å². The second-order valence-corrected chi connectivity index (χ2v) is 8.79. The molecule has 0 aliphatic carbocycles. The molecule has 1 atom stereocenters. The fraction of sp³-hybridized carbons (Fsp3) is 0.316. The Labute approximate surface area is 164 Å². The molecule has 0 aliphatic heterocycles. The van der Waals surface area contributed by atoms with Crippen molar-refractivity contribution in [3.05, 3.63) is 59.4 Å². The summed E-state index contributed by atoms with van der Waals surface area (Å²) in [6.07, 6.45) is 0. The SMILES string of the molecule is CC(C)[C@@H](C)NC(=O)CN(c1ccc(F)c(Cl)c1)S(=O)(=O)c1ccccc1. The molecule has 0 unspecified atom stereocenters. The third kappa shape index (κ3) is 5.20. The molecule has 0 saturated heterocycles. The lowest BCUT2D eigenvalue weighted by Gasteiger charge is -2.26. The fourth-order valence-corrected chi connectivity index (χ4v) is 3.88. The molecule has 1 N–H and O–H groups in total. The summed E-state index contributed by atoms with van der Waals surface area (Å²) in [5.41, 5.74) is 0.109. The number of anilines is 1. The smallest absolute Gasteiger partial charge is 0.264 e. The van der Waals surface area contributed by atoms with Crippen LogP contribution in [0.1, 0.15) is 20.8 Å². The van der Waals surface area contributed by atoms with Crippen LogP contribution >= 0.6 is 11.6 Å². The molecule has 8 heteroatoms. The fourth-order valence-electron chi connectivity index (χ4n) is 2.27. The second kappa shape index (κ2) is 8.71. The van der Waals surface area contributed by atoms with E-state index in [4.69, 9.17) is 11.6 Å². The molecular formula is C19H22ClFN2O3S. The van der Waals surface area contributed by atoms with Crippen molar-refractivity contribution < 1.29 is 17.6 Å². The number of nitrogens with one attached hydrogen (secondary N) is 1. The normalized spacial score (nSPS) is 12.7. The van der Waals surface area contributed by atoms with Crippen LogP contribution in [0.5, 0.6) is 0 Å². The number of hydrogen-bond donors (Lipinski definition) is 1. The van der Waals surface area contributed by atoms with Gasteiger partial charge in [-0.1, -0.05) is 43.6 Å². The van der Waals surface area contributed by atoms with Gasteiger partial charge in [-0.15, -0.1) is 0 Å². The van der Waals surface area contributed by atoms with Crippen molar-refractivity contribution in [2.75, 3.05) is 10.8 Å². The molecule has 5 nitrogen and oxygen atoms in total. The maximum Gasteiger partial charge on any atom is 0.264 e. The van der Waals surface area contributed by atoms with Gasteiger partial charge in [0.05, 0.1) is 15.6 Å². The topological polar surface area (TPSA) is 66.5 Å². The largest absolute Gasteiger partial charge is 0.352 e. The van der Waals surface area contributed by atoms with E-state index in [1.165, 1.54) is 24.3 Å². The predicted octanol–water partition coefficient (Wildman–Crippen LogP) is 3.84. The highest BCUT2D eigenvalue weighted by Crippen LogP contribution is 2.27. The van der Waals surface area contributed by atoms with Crippen molar-refractivity contribution in [2.45, 2.75) is 31.7 Å². The highest BCUT2D eigenvalue weighted by Gasteiger charge is 2.28. The van der Waals surface area contributed by atoms with E-state index < -0.39 is 28.3 Å². The summed E-state index contributed by atoms with van der Waals surface area (Å²) in [6, 6.07) is 11.1. The highest BCUT2D eigenvalue weighted by atomic mass is 35.5. The Bertz CT molecular complexity index is 904. The summed E-state index contributed by atoms with van der Waals surface area (Å²) in [6.45, 7) is 5.29. The maximum atomic E-state index is 13.5. The molecule has 0 aliphatic rings. The van der Waals surface area contributed by atoms with E-state index in [9.17, 15) is 17.6 Å². The molecule has 0 spiro atoms. The molecule has 0 aromatic heterocycles. The number of carbonyl (C=O) groups excluding carboxylic acids is 1. The number of nitrogens with zero attached hydrogens (tertiary/aromatic N) is 1. The first-order valence-electron chi connectivity index (χ1n) is 8.45. The Kier molecular flexibility index (Phi) is 6.84. The molecule has 2 aromatic carbocycles. The van der Waals surface area contributed by atoms with Crippen molar-refractivity contribution in [2.24, 2.45) is 5.92 Å². The molecule has 1 amide bonds. The predicted molar refractivity (Wildman–Crippen MR) is 105 cm³/mol. The van der Waals surface area contributed by atoms with Crippen LogP contribution in [-0.4, -0.2) is 26.9 Å². The average molecular weight is 413 g/mol. The van der Waals surface area contributed by atoms with Crippen molar-refractivity contribution in [3.63, 3.8) is 0 Å². The number of carbonyl (C=O) groups is 1. The zero-order chi connectivity index (χ0) is 20.2. The molecule has 0 saturated carbocycles. The number of hydrogen-bond acceptors (Lipinski definition) is 3. The van der Waals surface area contributed by atoms with Gasteiger partial charge in [0.25, 0.3) is 10.0 Å². The molecule has 2 rings (SSSR count). The van der Waals surface area contributed by atoms with E-state index in [0.29, 0.717) is 0 Å². The molecule has 0 fully saturated rings. The van der Waals surface area contributed by atoms with Crippen LogP contribution in [0, 0.1) is 11.7 Å². The van der Waals surface area contributed by atoms with Crippen LogP contribution in [0.4, 0.5) is 10.1 Å². The molecule has 2 aromatic rings. The molecule has 27 heavy (non-hydrogen) atoms. The first-order valence-corrected chi connectivity index (χ1v) is 10.3. The van der Waals surface area contributed by atoms with Gasteiger partial charge < -0.3 is 5.32 Å². The summed E-state index contributed by atoms with van der Waals surface area (Å²) >= 11 is 5.82. The van der Waals surface area contributed by atoms with Crippen LogP contribution in [0.15, 0.2) is 53.4 Å². The summed E-state index contributed by atoms with van der Waals surface area (Å²) in [4.78, 5) is 12.5. The van der Waals surface area contributed by atoms with Gasteiger partial charge in [-0.05, 0) is 43.2 Å². The molecule has 0 radical (unpaired) electrons. The monoisotopic (exact) mass is 412 g/mol. The van der Waals surface area contributed by atoms with Crippen LogP contribution in [0.2, 0.25) is 5.02 Å². The first kappa shape index (κ1) is 21.2. The van der Waals surface area contributed by atoms with E-state index >= 15 is 0 Å². The Morgan fingerprint density at radius 2 is 1.78 bits per heavy atom. The van der Waals surface area contributed by atoms with Gasteiger partial charge in [0, 0.05) is 6.04 Å². The van der Waals surface area contributed by atoms with E-state index in [0.717, 1.165) is 10.4 Å². The molecule has 0 heterocycles. The number of benzene rings is 2. The molecule has 0 bridgehead atoms. The van der Waals surface area contributed by atoms with Crippen molar-refractivity contribution in [1.82, 2.24) is 5.32 Å². The Hall–Kier alpha value is -2.12. The number of amides is 1. The average Bonchev–Trinajstić information content (AvgIpc) is 2.62. The number of halogens is 2. The van der Waals surface area contributed by atoms with Gasteiger partial charge >= 0.3 is 0 Å². The summed E-state index contributed by atoms with van der Waals surface area (Å²) < 4.78 is 40.6. The Morgan fingerprint density at radius 3 is 2.33 bits per heavy atom. The van der Waals surface area contributed by atoms with E-state index in [1.54, 1.807) is 18.2 Å². The minimum atomic E-state index is -4.04. The van der Waals surface area contributed by atoms with Crippen LogP contribution in [-0.2, 0) is 14.8 Å². The lowest BCUT2D eigenvalue weighted by Crippen LogP contribution is -2.45. The van der Waals surface area contributed by atoms with Gasteiger partial charge in [0.2, 0.25) is 5.91 Å².